The molecule has 0 aliphatic rings. The number of nitro groups is 1. The molecule has 0 fully saturated rings. The number of halogens is 4. The van der Waals surface area contributed by atoms with Crippen LogP contribution in [0.15, 0.2) is 60.7 Å². The number of nitrogens with zero attached hydrogens (tertiary/aromatic N) is 1. The van der Waals surface area contributed by atoms with Crippen molar-refractivity contribution in [2.75, 3.05) is 0 Å². The number of nitro benzene ring substituents is 1. The number of allylic oxidation sites excluding steroid dienone is 1. The zero-order valence-electron chi connectivity index (χ0n) is 14.9. The summed E-state index contributed by atoms with van der Waals surface area (Å²) in [5.41, 5.74) is 0.215. The lowest BCUT2D eigenvalue weighted by molar-refractivity contribution is -0.385. The largest absolute Gasteiger partial charge is 0.450 e. The summed E-state index contributed by atoms with van der Waals surface area (Å²) in [4.78, 5) is 23.2. The summed E-state index contributed by atoms with van der Waals surface area (Å²) in [6.07, 6.45) is 2.61. The minimum absolute atomic E-state index is 0.0212. The second-order valence-corrected chi connectivity index (χ2v) is 7.12. The third kappa shape index (κ3) is 4.97. The maximum absolute atomic E-state index is 13.0. The van der Waals surface area contributed by atoms with Gasteiger partial charge < -0.3 is 4.74 Å². The van der Waals surface area contributed by atoms with E-state index in [2.05, 4.69) is 0 Å². The molecule has 0 atom stereocenters. The highest BCUT2D eigenvalue weighted by Gasteiger charge is 2.17. The Morgan fingerprint density at radius 2 is 1.70 bits per heavy atom. The molecule has 0 aliphatic heterocycles. The van der Waals surface area contributed by atoms with Gasteiger partial charge in [0.05, 0.1) is 20.0 Å². The van der Waals surface area contributed by atoms with E-state index in [9.17, 15) is 19.3 Å². The molecule has 0 N–H and O–H groups in total. The van der Waals surface area contributed by atoms with Crippen molar-refractivity contribution < 1.29 is 18.8 Å². The van der Waals surface area contributed by atoms with Gasteiger partial charge in [-0.25, -0.2) is 4.39 Å². The van der Waals surface area contributed by atoms with Crippen molar-refractivity contribution in [2.24, 2.45) is 0 Å². The predicted molar refractivity (Wildman–Crippen MR) is 114 cm³/mol. The first-order valence-electron chi connectivity index (χ1n) is 8.34. The summed E-state index contributed by atoms with van der Waals surface area (Å²) in [7, 11) is 0. The molecule has 9 heteroatoms. The Morgan fingerprint density at radius 3 is 2.37 bits per heavy atom. The molecule has 3 aromatic rings. The van der Waals surface area contributed by atoms with Gasteiger partial charge in [-0.2, -0.15) is 0 Å². The third-order valence-corrected chi connectivity index (χ3v) is 5.24. The normalized spacial score (nSPS) is 10.9. The summed E-state index contributed by atoms with van der Waals surface area (Å²) in [6.45, 7) is 0. The van der Waals surface area contributed by atoms with Gasteiger partial charge in [-0.15, -0.1) is 0 Å². The predicted octanol–water partition coefficient (Wildman–Crippen LogP) is 7.38. The summed E-state index contributed by atoms with van der Waals surface area (Å²) < 4.78 is 18.5. The summed E-state index contributed by atoms with van der Waals surface area (Å²) in [6, 6.07) is 12.1. The minimum atomic E-state index is -0.617. The second kappa shape index (κ2) is 9.26. The Balaban J connectivity index is 1.85. The SMILES string of the molecule is O=C(C=Cc1ccc(Oc2ccc(F)cc2)c([N+](=O)[O-])c1)c1ccc(Cl)c(Cl)c1Cl. The molecular formula is C21H11Cl3FNO4. The zero-order chi connectivity index (χ0) is 21.8. The number of carbonyl (C=O) groups excluding carboxylic acids is 1. The lowest BCUT2D eigenvalue weighted by atomic mass is 10.1. The smallest absolute Gasteiger partial charge is 0.312 e. The van der Waals surface area contributed by atoms with Crippen molar-refractivity contribution in [1.29, 1.82) is 0 Å². The van der Waals surface area contributed by atoms with E-state index in [-0.39, 0.29) is 37.8 Å². The van der Waals surface area contributed by atoms with Gasteiger partial charge in [-0.05, 0) is 54.1 Å². The number of hydrogen-bond donors (Lipinski definition) is 0. The highest BCUT2D eigenvalue weighted by atomic mass is 35.5. The van der Waals surface area contributed by atoms with E-state index < -0.39 is 16.5 Å². The fourth-order valence-electron chi connectivity index (χ4n) is 2.47. The van der Waals surface area contributed by atoms with Gasteiger partial charge in [-0.3, -0.25) is 14.9 Å². The first-order chi connectivity index (χ1) is 14.3. The van der Waals surface area contributed by atoms with E-state index in [0.29, 0.717) is 5.56 Å². The topological polar surface area (TPSA) is 69.4 Å². The molecule has 0 spiro atoms. The molecule has 0 amide bonds. The molecule has 152 valence electrons. The van der Waals surface area contributed by atoms with Crippen LogP contribution < -0.4 is 4.74 Å². The van der Waals surface area contributed by atoms with Crippen LogP contribution in [0.5, 0.6) is 11.5 Å². The van der Waals surface area contributed by atoms with Crippen LogP contribution in [0.4, 0.5) is 10.1 Å². The Bertz CT molecular complexity index is 1160. The number of rotatable bonds is 6. The summed E-state index contributed by atoms with van der Waals surface area (Å²) >= 11 is 17.8. The van der Waals surface area contributed by atoms with Crippen molar-refractivity contribution in [3.8, 4) is 11.5 Å². The average molecular weight is 467 g/mol. The molecule has 5 nitrogen and oxygen atoms in total. The molecule has 0 aromatic heterocycles. The van der Waals surface area contributed by atoms with Crippen molar-refractivity contribution in [3.05, 3.63) is 103 Å². The maximum atomic E-state index is 13.0. The fraction of sp³-hybridized carbons (Fsp3) is 0. The first-order valence-corrected chi connectivity index (χ1v) is 9.47. The van der Waals surface area contributed by atoms with Gasteiger partial charge in [0.1, 0.15) is 11.6 Å². The zero-order valence-corrected chi connectivity index (χ0v) is 17.2. The molecular weight excluding hydrogens is 456 g/mol. The number of hydrogen-bond acceptors (Lipinski definition) is 4. The molecule has 0 radical (unpaired) electrons. The first kappa shape index (κ1) is 21.8. The van der Waals surface area contributed by atoms with E-state index in [1.54, 1.807) is 0 Å². The molecule has 30 heavy (non-hydrogen) atoms. The molecule has 3 rings (SSSR count). The molecule has 0 saturated carbocycles. The van der Waals surface area contributed by atoms with Gasteiger partial charge in [-0.1, -0.05) is 46.9 Å². The van der Waals surface area contributed by atoms with Crippen molar-refractivity contribution in [3.63, 3.8) is 0 Å². The molecule has 0 saturated heterocycles. The maximum Gasteiger partial charge on any atom is 0.312 e. The van der Waals surface area contributed by atoms with E-state index >= 15 is 0 Å². The van der Waals surface area contributed by atoms with Gasteiger partial charge >= 0.3 is 5.69 Å². The molecule has 0 aliphatic carbocycles. The quantitative estimate of drug-likeness (QED) is 0.125. The second-order valence-electron chi connectivity index (χ2n) is 5.96. The van der Waals surface area contributed by atoms with Crippen molar-refractivity contribution in [1.82, 2.24) is 0 Å². The Hall–Kier alpha value is -2.93. The van der Waals surface area contributed by atoms with Crippen molar-refractivity contribution >= 4 is 52.3 Å². The minimum Gasteiger partial charge on any atom is -0.450 e. The van der Waals surface area contributed by atoms with Crippen LogP contribution in [0.25, 0.3) is 6.08 Å². The van der Waals surface area contributed by atoms with Crippen molar-refractivity contribution in [2.45, 2.75) is 0 Å². The van der Waals surface area contributed by atoms with Gasteiger partial charge in [0, 0.05) is 11.6 Å². The van der Waals surface area contributed by atoms with Crippen LogP contribution in [0.2, 0.25) is 15.1 Å². The van der Waals surface area contributed by atoms with Crippen LogP contribution in [0.1, 0.15) is 15.9 Å². The van der Waals surface area contributed by atoms with E-state index in [1.807, 2.05) is 0 Å². The standard InChI is InChI=1S/C21H11Cl3FNO4/c22-16-8-7-15(20(23)21(16)24)18(27)9-1-12-2-10-19(17(11-12)26(28)29)30-14-5-3-13(25)4-6-14/h1-11H. The van der Waals surface area contributed by atoms with Crippen LogP contribution in [-0.4, -0.2) is 10.7 Å². The number of benzene rings is 3. The summed E-state index contributed by atoms with van der Waals surface area (Å²) in [5.74, 6) is -0.688. The van der Waals surface area contributed by atoms with Gasteiger partial charge in [0.2, 0.25) is 5.75 Å². The van der Waals surface area contributed by atoms with E-state index in [0.717, 1.165) is 0 Å². The highest BCUT2D eigenvalue weighted by Crippen LogP contribution is 2.34. The van der Waals surface area contributed by atoms with Gasteiger partial charge in [0.25, 0.3) is 0 Å². The average Bonchev–Trinajstić information content (AvgIpc) is 2.72. The number of ketones is 1. The van der Waals surface area contributed by atoms with Crippen LogP contribution in [0.3, 0.4) is 0 Å². The van der Waals surface area contributed by atoms with E-state index in [1.165, 1.54) is 66.7 Å². The Kier molecular flexibility index (Phi) is 6.72. The van der Waals surface area contributed by atoms with Gasteiger partial charge in [0.15, 0.2) is 5.78 Å². The number of carbonyl (C=O) groups is 1. The number of ether oxygens (including phenoxy) is 1. The van der Waals surface area contributed by atoms with E-state index in [4.69, 9.17) is 39.5 Å². The molecule has 0 unspecified atom stereocenters. The highest BCUT2D eigenvalue weighted by molar-refractivity contribution is 6.49. The lowest BCUT2D eigenvalue weighted by Gasteiger charge is -2.07. The van der Waals surface area contributed by atoms with Crippen LogP contribution in [0, 0.1) is 15.9 Å². The molecule has 0 heterocycles. The molecule has 3 aromatic carbocycles. The van der Waals surface area contributed by atoms with Crippen LogP contribution >= 0.6 is 34.8 Å². The fourth-order valence-corrected chi connectivity index (χ4v) is 3.10. The Labute approximate surface area is 185 Å². The molecule has 0 bridgehead atoms. The lowest BCUT2D eigenvalue weighted by Crippen LogP contribution is -1.97. The Morgan fingerprint density at radius 1 is 1.00 bits per heavy atom. The summed E-state index contributed by atoms with van der Waals surface area (Å²) in [5, 5.41) is 11.7. The monoisotopic (exact) mass is 465 g/mol. The third-order valence-electron chi connectivity index (χ3n) is 3.95. The van der Waals surface area contributed by atoms with Crippen LogP contribution in [-0.2, 0) is 0 Å².